The third-order valence-corrected chi connectivity index (χ3v) is 10.6. The fourth-order valence-electron chi connectivity index (χ4n) is 6.39. The zero-order valence-corrected chi connectivity index (χ0v) is 29.3. The van der Waals surface area contributed by atoms with E-state index in [2.05, 4.69) is 63.0 Å². The SMILES string of the molecule is CCN1CCCSC1=Nc1ccc(N2CCN(c3ccc(OCC4COC(Cn5ccnc5)(c5ccc(Cl)cc5Cl)O4)cc3)CC2)cc1. The highest BCUT2D eigenvalue weighted by atomic mass is 35.5. The summed E-state index contributed by atoms with van der Waals surface area (Å²) in [6.45, 7) is 9.23. The molecular weight excluding hydrogens is 667 g/mol. The van der Waals surface area contributed by atoms with E-state index in [1.165, 1.54) is 17.8 Å². The van der Waals surface area contributed by atoms with Crippen molar-refractivity contribution in [2.45, 2.75) is 31.8 Å². The highest BCUT2D eigenvalue weighted by molar-refractivity contribution is 8.13. The van der Waals surface area contributed by atoms with Gasteiger partial charge in [0.05, 0.1) is 30.2 Å². The summed E-state index contributed by atoms with van der Waals surface area (Å²) < 4.78 is 20.9. The summed E-state index contributed by atoms with van der Waals surface area (Å²) in [5.74, 6) is 0.855. The molecule has 48 heavy (non-hydrogen) atoms. The maximum absolute atomic E-state index is 6.61. The molecule has 2 unspecified atom stereocenters. The summed E-state index contributed by atoms with van der Waals surface area (Å²) >= 11 is 14.6. The Kier molecular flexibility index (Phi) is 10.3. The highest BCUT2D eigenvalue weighted by Gasteiger charge is 2.45. The minimum absolute atomic E-state index is 0.285. The number of thioether (sulfide) groups is 1. The molecule has 0 aliphatic carbocycles. The number of hydrogen-bond acceptors (Lipinski definition) is 8. The zero-order valence-electron chi connectivity index (χ0n) is 27.0. The molecular formula is C36H40Cl2N6O3S. The number of hydrogen-bond donors (Lipinski definition) is 0. The number of ether oxygens (including phenoxy) is 3. The van der Waals surface area contributed by atoms with Gasteiger partial charge in [0.1, 0.15) is 18.5 Å². The molecule has 12 heteroatoms. The van der Waals surface area contributed by atoms with E-state index in [4.69, 9.17) is 42.4 Å². The van der Waals surface area contributed by atoms with Gasteiger partial charge in [0.15, 0.2) is 5.17 Å². The van der Waals surface area contributed by atoms with Crippen molar-refractivity contribution < 1.29 is 14.2 Å². The normalized spacial score (nSPS) is 22.4. The molecule has 0 N–H and O–H groups in total. The van der Waals surface area contributed by atoms with Crippen LogP contribution in [0.4, 0.5) is 17.1 Å². The molecule has 4 heterocycles. The summed E-state index contributed by atoms with van der Waals surface area (Å²) in [7, 11) is 0. The van der Waals surface area contributed by atoms with Gasteiger partial charge in [0.2, 0.25) is 5.79 Å². The van der Waals surface area contributed by atoms with Crippen molar-refractivity contribution in [1.82, 2.24) is 14.5 Å². The molecule has 3 aromatic carbocycles. The molecule has 7 rings (SSSR count). The fourth-order valence-corrected chi connectivity index (χ4v) is 7.97. The van der Waals surface area contributed by atoms with Crippen LogP contribution in [0, 0.1) is 0 Å². The van der Waals surface area contributed by atoms with Crippen LogP contribution in [0.2, 0.25) is 10.0 Å². The molecule has 0 spiro atoms. The lowest BCUT2D eigenvalue weighted by Crippen LogP contribution is -2.46. The van der Waals surface area contributed by atoms with Crippen LogP contribution < -0.4 is 14.5 Å². The van der Waals surface area contributed by atoms with Gasteiger partial charge in [-0.15, -0.1) is 0 Å². The average Bonchev–Trinajstić information content (AvgIpc) is 3.79. The molecule has 0 radical (unpaired) electrons. The standard InChI is InChI=1S/C36H40Cl2N6O3S/c1-2-42-15-3-21-48-35(42)40-28-5-7-29(8-6-28)43-17-19-44(20-18-43)30-9-11-31(12-10-30)45-23-32-24-46-36(47-32,25-41-16-14-39-26-41)33-13-4-27(37)22-34(33)38/h4-14,16,22,26,32H,2-3,15,17-21,23-25H2,1H3. The summed E-state index contributed by atoms with van der Waals surface area (Å²) in [6.07, 6.45) is 6.26. The number of piperazine rings is 1. The lowest BCUT2D eigenvalue weighted by Gasteiger charge is -2.37. The van der Waals surface area contributed by atoms with Gasteiger partial charge >= 0.3 is 0 Å². The number of aliphatic imine (C=N–C) groups is 1. The predicted octanol–water partition coefficient (Wildman–Crippen LogP) is 7.31. The van der Waals surface area contributed by atoms with Crippen LogP contribution in [0.15, 0.2) is 90.4 Å². The van der Waals surface area contributed by atoms with Crippen molar-refractivity contribution >= 4 is 57.2 Å². The van der Waals surface area contributed by atoms with Crippen molar-refractivity contribution in [3.63, 3.8) is 0 Å². The van der Waals surface area contributed by atoms with Gasteiger partial charge in [-0.25, -0.2) is 9.98 Å². The predicted molar refractivity (Wildman–Crippen MR) is 195 cm³/mol. The maximum Gasteiger partial charge on any atom is 0.215 e. The monoisotopic (exact) mass is 706 g/mol. The Balaban J connectivity index is 0.915. The molecule has 0 saturated carbocycles. The van der Waals surface area contributed by atoms with Crippen molar-refractivity contribution in [2.24, 2.45) is 4.99 Å². The van der Waals surface area contributed by atoms with Crippen LogP contribution in [-0.2, 0) is 21.8 Å². The van der Waals surface area contributed by atoms with Crippen molar-refractivity contribution in [2.75, 3.05) is 68.0 Å². The molecule has 252 valence electrons. The Bertz CT molecular complexity index is 1680. The van der Waals surface area contributed by atoms with Crippen LogP contribution in [-0.4, -0.2) is 84.0 Å². The first-order valence-corrected chi connectivity index (χ1v) is 18.2. The van der Waals surface area contributed by atoms with Crippen LogP contribution in [0.1, 0.15) is 18.9 Å². The van der Waals surface area contributed by atoms with E-state index in [9.17, 15) is 0 Å². The summed E-state index contributed by atoms with van der Waals surface area (Å²) in [5, 5.41) is 2.19. The molecule has 4 aromatic rings. The van der Waals surface area contributed by atoms with Gasteiger partial charge in [0, 0.05) is 79.4 Å². The van der Waals surface area contributed by atoms with Gasteiger partial charge in [0.25, 0.3) is 0 Å². The first kappa shape index (κ1) is 33.1. The smallest absolute Gasteiger partial charge is 0.215 e. The number of halogens is 2. The van der Waals surface area contributed by atoms with E-state index in [0.717, 1.165) is 67.2 Å². The molecule has 3 fully saturated rings. The third-order valence-electron chi connectivity index (χ3n) is 8.96. The number of anilines is 2. The topological polar surface area (TPSA) is 67.6 Å². The summed E-state index contributed by atoms with van der Waals surface area (Å²) in [5.41, 5.74) is 4.18. The van der Waals surface area contributed by atoms with E-state index in [1.807, 2.05) is 40.7 Å². The van der Waals surface area contributed by atoms with E-state index < -0.39 is 5.79 Å². The first-order chi connectivity index (χ1) is 23.5. The Morgan fingerprint density at radius 1 is 0.958 bits per heavy atom. The minimum Gasteiger partial charge on any atom is -0.491 e. The quantitative estimate of drug-likeness (QED) is 0.170. The van der Waals surface area contributed by atoms with Gasteiger partial charge in [-0.3, -0.25) is 0 Å². The van der Waals surface area contributed by atoms with E-state index >= 15 is 0 Å². The largest absolute Gasteiger partial charge is 0.491 e. The van der Waals surface area contributed by atoms with Crippen molar-refractivity contribution in [3.8, 4) is 5.75 Å². The zero-order chi connectivity index (χ0) is 32.9. The Morgan fingerprint density at radius 2 is 1.69 bits per heavy atom. The molecule has 3 aliphatic rings. The summed E-state index contributed by atoms with van der Waals surface area (Å²) in [4.78, 5) is 16.3. The molecule has 1 aromatic heterocycles. The second-order valence-electron chi connectivity index (χ2n) is 12.1. The fraction of sp³-hybridized carbons (Fsp3) is 0.389. The molecule has 3 aliphatic heterocycles. The molecule has 0 amide bonds. The van der Waals surface area contributed by atoms with Gasteiger partial charge in [-0.2, -0.15) is 0 Å². The lowest BCUT2D eigenvalue weighted by atomic mass is 10.1. The highest BCUT2D eigenvalue weighted by Crippen LogP contribution is 2.40. The van der Waals surface area contributed by atoms with Crippen molar-refractivity contribution in [1.29, 1.82) is 0 Å². The molecule has 0 bridgehead atoms. The second-order valence-corrected chi connectivity index (χ2v) is 14.0. The third kappa shape index (κ3) is 7.58. The number of imidazole rings is 1. The Hall–Kier alpha value is -3.41. The Labute approximate surface area is 296 Å². The van der Waals surface area contributed by atoms with Gasteiger partial charge in [-0.05, 0) is 74.0 Å². The van der Waals surface area contributed by atoms with Crippen molar-refractivity contribution in [3.05, 3.63) is 101 Å². The second kappa shape index (κ2) is 15.0. The van der Waals surface area contributed by atoms with Crippen LogP contribution in [0.25, 0.3) is 0 Å². The number of rotatable bonds is 10. The molecule has 9 nitrogen and oxygen atoms in total. The first-order valence-electron chi connectivity index (χ1n) is 16.5. The number of nitrogens with zero attached hydrogens (tertiary/aromatic N) is 6. The van der Waals surface area contributed by atoms with Crippen LogP contribution in [0.3, 0.4) is 0 Å². The molecule has 2 atom stereocenters. The average molecular weight is 708 g/mol. The molecule has 3 saturated heterocycles. The van der Waals surface area contributed by atoms with Crippen LogP contribution >= 0.6 is 35.0 Å². The van der Waals surface area contributed by atoms with E-state index in [1.54, 1.807) is 24.7 Å². The van der Waals surface area contributed by atoms with Gasteiger partial charge in [-0.1, -0.05) is 41.0 Å². The maximum atomic E-state index is 6.61. The summed E-state index contributed by atoms with van der Waals surface area (Å²) in [6, 6.07) is 22.4. The number of aromatic nitrogens is 2. The minimum atomic E-state index is -1.08. The number of benzene rings is 3. The van der Waals surface area contributed by atoms with Gasteiger partial charge < -0.3 is 33.5 Å². The lowest BCUT2D eigenvalue weighted by molar-refractivity contribution is -0.189. The van der Waals surface area contributed by atoms with E-state index in [0.29, 0.717) is 29.8 Å². The number of amidine groups is 1. The Morgan fingerprint density at radius 3 is 2.35 bits per heavy atom. The van der Waals surface area contributed by atoms with E-state index in [-0.39, 0.29) is 6.10 Å². The van der Waals surface area contributed by atoms with Crippen LogP contribution in [0.5, 0.6) is 5.75 Å².